The summed E-state index contributed by atoms with van der Waals surface area (Å²) < 4.78 is 0. The van der Waals surface area contributed by atoms with Gasteiger partial charge in [0.2, 0.25) is 5.70 Å². The molecule has 2 aromatic carbocycles. The quantitative estimate of drug-likeness (QED) is 0.258. The van der Waals surface area contributed by atoms with Gasteiger partial charge in [0.1, 0.15) is 6.07 Å². The molecule has 0 N–H and O–H groups in total. The molecular formula is C33H9N9. The second kappa shape index (κ2) is 10.3. The number of fused-ring (bicyclic) bond motifs is 2. The Labute approximate surface area is 240 Å². The normalized spacial score (nSPS) is 14.9. The standard InChI is InChI=1S/C33H9N9/c1-38-22(16-36)25-19(14-34)20(15-35)26-27(21-12-8-9-13-42-21)31-30(24(29(25)26)18-10-6-5-7-11-18)28(23(17-37)39-2)32(40-3)33(31)41-4/h5-13H/b25-22-,28-23-. The first-order chi connectivity index (χ1) is 20.6. The summed E-state index contributed by atoms with van der Waals surface area (Å²) in [4.78, 5) is 18.5. The van der Waals surface area contributed by atoms with E-state index in [2.05, 4.69) is 30.4 Å². The Morgan fingerprint density at radius 1 is 0.595 bits per heavy atom. The van der Waals surface area contributed by atoms with Crippen molar-refractivity contribution in [2.24, 2.45) is 0 Å². The number of aromatic nitrogens is 1. The summed E-state index contributed by atoms with van der Waals surface area (Å²) in [6.07, 6.45) is 1.49. The van der Waals surface area contributed by atoms with Crippen LogP contribution in [0.3, 0.4) is 0 Å². The third-order valence-electron chi connectivity index (χ3n) is 6.79. The molecule has 42 heavy (non-hydrogen) atoms. The molecule has 0 aliphatic heterocycles. The van der Waals surface area contributed by atoms with Gasteiger partial charge in [0.05, 0.1) is 61.3 Å². The van der Waals surface area contributed by atoms with E-state index in [9.17, 15) is 21.0 Å². The van der Waals surface area contributed by atoms with Gasteiger partial charge in [0.25, 0.3) is 11.4 Å². The highest BCUT2D eigenvalue weighted by atomic mass is 14.8. The van der Waals surface area contributed by atoms with Gasteiger partial charge in [-0.2, -0.15) is 10.5 Å². The molecule has 0 atom stereocenters. The van der Waals surface area contributed by atoms with E-state index >= 15 is 0 Å². The van der Waals surface area contributed by atoms with Gasteiger partial charge in [-0.05, 0) is 45.5 Å². The largest absolute Gasteiger partial charge is 0.270 e. The maximum Gasteiger partial charge on any atom is 0.270 e. The molecule has 0 amide bonds. The maximum absolute atomic E-state index is 10.4. The number of hydrogen-bond acceptors (Lipinski definition) is 5. The van der Waals surface area contributed by atoms with Crippen molar-refractivity contribution in [2.45, 2.75) is 0 Å². The molecule has 0 bridgehead atoms. The zero-order valence-corrected chi connectivity index (χ0v) is 21.2. The number of rotatable bonds is 2. The molecule has 9 heteroatoms. The van der Waals surface area contributed by atoms with Crippen molar-refractivity contribution < 1.29 is 0 Å². The molecule has 3 aromatic rings. The number of nitriles is 4. The summed E-state index contributed by atoms with van der Waals surface area (Å²) in [5.41, 5.74) is 0.229. The fourth-order valence-corrected chi connectivity index (χ4v) is 5.31. The molecule has 1 aromatic heterocycles. The number of nitrogens with zero attached hydrogens (tertiary/aromatic N) is 9. The van der Waals surface area contributed by atoms with Crippen LogP contribution in [-0.2, 0) is 0 Å². The Morgan fingerprint density at radius 2 is 1.19 bits per heavy atom. The monoisotopic (exact) mass is 531 g/mol. The fraction of sp³-hybridized carbons (Fsp3) is 0. The van der Waals surface area contributed by atoms with Crippen molar-refractivity contribution in [2.75, 3.05) is 0 Å². The molecular weight excluding hydrogens is 522 g/mol. The van der Waals surface area contributed by atoms with Crippen molar-refractivity contribution in [3.8, 4) is 46.7 Å². The predicted octanol–water partition coefficient (Wildman–Crippen LogP) is 7.06. The summed E-state index contributed by atoms with van der Waals surface area (Å²) in [5, 5.41) is 40.6. The van der Waals surface area contributed by atoms with Crippen molar-refractivity contribution in [3.63, 3.8) is 0 Å². The van der Waals surface area contributed by atoms with Crippen LogP contribution >= 0.6 is 0 Å². The van der Waals surface area contributed by atoms with Crippen LogP contribution in [0.4, 0.5) is 0 Å². The van der Waals surface area contributed by atoms with Crippen LogP contribution in [0.15, 0.2) is 77.4 Å². The molecule has 186 valence electrons. The highest BCUT2D eigenvalue weighted by Gasteiger charge is 2.43. The van der Waals surface area contributed by atoms with E-state index < -0.39 is 11.4 Å². The summed E-state index contributed by atoms with van der Waals surface area (Å²) in [6.45, 7) is 31.5. The lowest BCUT2D eigenvalue weighted by Gasteiger charge is -2.23. The highest BCUT2D eigenvalue weighted by Crippen LogP contribution is 2.59. The summed E-state index contributed by atoms with van der Waals surface area (Å²) in [7, 11) is 0. The van der Waals surface area contributed by atoms with E-state index in [1.165, 1.54) is 6.20 Å². The van der Waals surface area contributed by atoms with E-state index in [-0.39, 0.29) is 72.8 Å². The summed E-state index contributed by atoms with van der Waals surface area (Å²) in [5.74, 6) is 0. The minimum atomic E-state index is -0.444. The smallest absolute Gasteiger partial charge is 0.256 e. The predicted molar refractivity (Wildman–Crippen MR) is 152 cm³/mol. The van der Waals surface area contributed by atoms with Gasteiger partial charge in [0.15, 0.2) is 5.70 Å². The first-order valence-electron chi connectivity index (χ1n) is 11.9. The molecule has 0 saturated heterocycles. The van der Waals surface area contributed by atoms with Crippen LogP contribution in [0.5, 0.6) is 0 Å². The third-order valence-corrected chi connectivity index (χ3v) is 6.79. The first-order valence-corrected chi connectivity index (χ1v) is 11.9. The molecule has 0 fully saturated rings. The van der Waals surface area contributed by atoms with Gasteiger partial charge in [-0.1, -0.05) is 36.4 Å². The van der Waals surface area contributed by atoms with Crippen LogP contribution in [0.25, 0.3) is 64.2 Å². The van der Waals surface area contributed by atoms with Crippen LogP contribution < -0.4 is 0 Å². The maximum atomic E-state index is 10.4. The van der Waals surface area contributed by atoms with E-state index in [1.54, 1.807) is 48.5 Å². The first kappa shape index (κ1) is 26.1. The SMILES string of the molecule is [C-]#[N+]C1=C([N+]#[C-])c2c(c(-c3ccccc3)c3c(c2-c2ccccn2)C(C#N)=C(C#N)/C3=C(\C#N)[N+]#[C-])/C1=C(\C#N)[N+]#[C-]. The van der Waals surface area contributed by atoms with Crippen LogP contribution in [0.2, 0.25) is 0 Å². The molecule has 5 rings (SSSR count). The zero-order chi connectivity index (χ0) is 30.0. The molecule has 2 aliphatic carbocycles. The van der Waals surface area contributed by atoms with E-state index in [4.69, 9.17) is 26.3 Å². The highest BCUT2D eigenvalue weighted by molar-refractivity contribution is 6.21. The van der Waals surface area contributed by atoms with Crippen LogP contribution in [-0.4, -0.2) is 4.98 Å². The number of allylic oxidation sites excluding steroid dienone is 6. The Balaban J connectivity index is 2.28. The molecule has 0 saturated carbocycles. The number of benzene rings is 2. The van der Waals surface area contributed by atoms with E-state index in [1.807, 2.05) is 18.2 Å². The summed E-state index contributed by atoms with van der Waals surface area (Å²) >= 11 is 0. The van der Waals surface area contributed by atoms with Crippen molar-refractivity contribution >= 4 is 22.4 Å². The Bertz CT molecular complexity index is 2090. The molecule has 0 spiro atoms. The van der Waals surface area contributed by atoms with Gasteiger partial charge in [-0.3, -0.25) is 9.83 Å². The second-order valence-corrected chi connectivity index (χ2v) is 8.62. The molecule has 2 aliphatic rings. The topological polar surface area (TPSA) is 125 Å². The summed E-state index contributed by atoms with van der Waals surface area (Å²) in [6, 6.07) is 21.3. The number of pyridine rings is 1. The minimum Gasteiger partial charge on any atom is -0.256 e. The van der Waals surface area contributed by atoms with Crippen LogP contribution in [0.1, 0.15) is 22.3 Å². The lowest BCUT2D eigenvalue weighted by molar-refractivity contribution is 1.31. The van der Waals surface area contributed by atoms with E-state index in [0.717, 1.165) is 0 Å². The molecule has 0 radical (unpaired) electrons. The number of hydrogen-bond donors (Lipinski definition) is 0. The van der Waals surface area contributed by atoms with Crippen molar-refractivity contribution in [1.82, 2.24) is 4.98 Å². The van der Waals surface area contributed by atoms with Gasteiger partial charge in [-0.15, -0.1) is 0 Å². The van der Waals surface area contributed by atoms with Gasteiger partial charge >= 0.3 is 0 Å². The van der Waals surface area contributed by atoms with Gasteiger partial charge in [0, 0.05) is 22.9 Å². The van der Waals surface area contributed by atoms with Gasteiger partial charge < -0.3 is 0 Å². The lowest BCUT2D eigenvalue weighted by Crippen LogP contribution is -2.04. The van der Waals surface area contributed by atoms with E-state index in [0.29, 0.717) is 5.56 Å². The van der Waals surface area contributed by atoms with Crippen molar-refractivity contribution in [3.05, 3.63) is 145 Å². The molecule has 9 nitrogen and oxygen atoms in total. The van der Waals surface area contributed by atoms with Crippen molar-refractivity contribution in [1.29, 1.82) is 21.0 Å². The average Bonchev–Trinajstić information content (AvgIpc) is 3.54. The van der Waals surface area contributed by atoms with Crippen LogP contribution in [0, 0.1) is 71.6 Å². The van der Waals surface area contributed by atoms with Gasteiger partial charge in [-0.25, -0.2) is 25.1 Å². The average molecular weight is 531 g/mol. The third kappa shape index (κ3) is 3.46. The minimum absolute atomic E-state index is 0.0769. The molecule has 0 unspecified atom stereocenters. The lowest BCUT2D eigenvalue weighted by atomic mass is 9.80. The zero-order valence-electron chi connectivity index (χ0n) is 21.2. The molecule has 1 heterocycles. The Kier molecular flexibility index (Phi) is 6.41. The Hall–Kier alpha value is -7.53. The second-order valence-electron chi connectivity index (χ2n) is 8.62. The fourth-order valence-electron chi connectivity index (χ4n) is 5.31. The Morgan fingerprint density at radius 3 is 1.71 bits per heavy atom.